The standard InChI is InChI=1S/C41H45Cl2N7O4/c1-26(51)49-16-13-40(24-49)20-47(21-40)18-28-8-10-33(45-38(28)53-3)30-6-5-7-32(35(30)42)37-36(43)31(12-15-44-37)34-11-9-29(39(46-34)54-4)19-48-22-41(23-48)14-17-50(25-41)27(2)52/h5-12,15H,13-14,16-25H2,1-4H3. The number of hydrogen-bond donors (Lipinski definition) is 0. The summed E-state index contributed by atoms with van der Waals surface area (Å²) in [6.07, 6.45) is 3.81. The number of halogens is 2. The van der Waals surface area contributed by atoms with E-state index in [1.807, 2.05) is 52.3 Å². The van der Waals surface area contributed by atoms with Crippen molar-refractivity contribution in [2.45, 2.75) is 39.8 Å². The summed E-state index contributed by atoms with van der Waals surface area (Å²) in [5, 5.41) is 0.913. The van der Waals surface area contributed by atoms with Gasteiger partial charge in [-0.2, -0.15) is 0 Å². The Morgan fingerprint density at radius 2 is 1.15 bits per heavy atom. The molecule has 7 heterocycles. The number of likely N-dealkylation sites (tertiary alicyclic amines) is 4. The monoisotopic (exact) mass is 769 g/mol. The van der Waals surface area contributed by atoms with Crippen molar-refractivity contribution < 1.29 is 19.1 Å². The molecule has 2 spiro atoms. The lowest BCUT2D eigenvalue weighted by Gasteiger charge is -2.48. The van der Waals surface area contributed by atoms with E-state index in [1.165, 1.54) is 0 Å². The second-order valence-corrected chi connectivity index (χ2v) is 16.3. The fraction of sp³-hybridized carbons (Fsp3) is 0.439. The normalized spacial score (nSPS) is 18.9. The van der Waals surface area contributed by atoms with E-state index in [0.717, 1.165) is 101 Å². The van der Waals surface area contributed by atoms with Crippen molar-refractivity contribution in [3.8, 4) is 45.5 Å². The SMILES string of the molecule is COc1nc(-c2cccc(-c3nccc(-c4ccc(CN5CC6(CCN(C(C)=O)C6)C5)c(OC)n4)c3Cl)c2Cl)ccc1CN1CC2(CCN(C(C)=O)C2)C1. The molecule has 13 heteroatoms. The zero-order chi connectivity index (χ0) is 37.8. The number of ether oxygens (including phenoxy) is 2. The summed E-state index contributed by atoms with van der Waals surface area (Å²) in [7, 11) is 3.27. The highest BCUT2D eigenvalue weighted by Crippen LogP contribution is 2.44. The lowest BCUT2D eigenvalue weighted by atomic mass is 9.79. The predicted molar refractivity (Wildman–Crippen MR) is 208 cm³/mol. The fourth-order valence-corrected chi connectivity index (χ4v) is 9.63. The number of pyridine rings is 3. The van der Waals surface area contributed by atoms with Crippen LogP contribution in [0.2, 0.25) is 10.0 Å². The minimum Gasteiger partial charge on any atom is -0.481 e. The van der Waals surface area contributed by atoms with Gasteiger partial charge in [0.05, 0.1) is 41.3 Å². The van der Waals surface area contributed by atoms with Crippen LogP contribution in [0.1, 0.15) is 37.8 Å². The summed E-state index contributed by atoms with van der Waals surface area (Å²) in [4.78, 5) is 46.8. The van der Waals surface area contributed by atoms with E-state index in [4.69, 9.17) is 42.6 Å². The molecule has 0 atom stereocenters. The average molecular weight is 771 g/mol. The number of carbonyl (C=O) groups excluding carboxylic acids is 2. The number of aromatic nitrogens is 3. The number of benzene rings is 1. The molecule has 2 amide bonds. The van der Waals surface area contributed by atoms with Gasteiger partial charge in [-0.25, -0.2) is 9.97 Å². The molecule has 0 aliphatic carbocycles. The van der Waals surface area contributed by atoms with Gasteiger partial charge in [0.2, 0.25) is 23.6 Å². The maximum absolute atomic E-state index is 11.9. The van der Waals surface area contributed by atoms with Crippen molar-refractivity contribution in [3.63, 3.8) is 0 Å². The Morgan fingerprint density at radius 3 is 1.61 bits per heavy atom. The Kier molecular flexibility index (Phi) is 9.79. The third kappa shape index (κ3) is 6.80. The van der Waals surface area contributed by atoms with Crippen LogP contribution in [-0.4, -0.2) is 113 Å². The van der Waals surface area contributed by atoms with Crippen LogP contribution in [0.5, 0.6) is 11.8 Å². The molecule has 0 unspecified atom stereocenters. The summed E-state index contributed by atoms with van der Waals surface area (Å²) in [6, 6.07) is 15.7. The topological polar surface area (TPSA) is 104 Å². The first kappa shape index (κ1) is 36.7. The first-order chi connectivity index (χ1) is 26.0. The fourth-order valence-electron chi connectivity index (χ4n) is 9.01. The van der Waals surface area contributed by atoms with Gasteiger partial charge in [-0.15, -0.1) is 0 Å². The molecule has 282 valence electrons. The minimum absolute atomic E-state index is 0.156. The van der Waals surface area contributed by atoms with Crippen LogP contribution >= 0.6 is 23.2 Å². The Bertz CT molecular complexity index is 1970. The molecule has 0 N–H and O–H groups in total. The number of carbonyl (C=O) groups is 2. The molecule has 4 saturated heterocycles. The van der Waals surface area contributed by atoms with Crippen molar-refractivity contribution >= 4 is 35.0 Å². The summed E-state index contributed by atoms with van der Waals surface area (Å²) in [5.41, 5.74) is 6.43. The second-order valence-electron chi connectivity index (χ2n) is 15.6. The summed E-state index contributed by atoms with van der Waals surface area (Å²) >= 11 is 14.2. The molecule has 0 bridgehead atoms. The van der Waals surface area contributed by atoms with Crippen LogP contribution in [-0.2, 0) is 22.7 Å². The Balaban J connectivity index is 0.981. The molecule has 0 saturated carbocycles. The van der Waals surface area contributed by atoms with Crippen molar-refractivity contribution in [2.24, 2.45) is 10.8 Å². The highest BCUT2D eigenvalue weighted by atomic mass is 35.5. The number of methoxy groups -OCH3 is 2. The van der Waals surface area contributed by atoms with Crippen LogP contribution in [0.15, 0.2) is 54.7 Å². The van der Waals surface area contributed by atoms with E-state index in [9.17, 15) is 9.59 Å². The highest BCUT2D eigenvalue weighted by Gasteiger charge is 2.49. The van der Waals surface area contributed by atoms with Crippen LogP contribution in [0.4, 0.5) is 0 Å². The summed E-state index contributed by atoms with van der Waals surface area (Å²) in [6.45, 7) is 11.9. The quantitative estimate of drug-likeness (QED) is 0.194. The van der Waals surface area contributed by atoms with Crippen molar-refractivity contribution in [1.82, 2.24) is 34.6 Å². The van der Waals surface area contributed by atoms with E-state index in [1.54, 1.807) is 34.3 Å². The molecule has 4 aliphatic heterocycles. The molecule has 4 fully saturated rings. The maximum Gasteiger partial charge on any atom is 0.219 e. The molecule has 11 nitrogen and oxygen atoms in total. The zero-order valence-electron chi connectivity index (χ0n) is 31.2. The molecule has 0 radical (unpaired) electrons. The molecule has 54 heavy (non-hydrogen) atoms. The van der Waals surface area contributed by atoms with Crippen LogP contribution in [0, 0.1) is 10.8 Å². The Labute approximate surface area is 326 Å². The van der Waals surface area contributed by atoms with Crippen LogP contribution in [0.25, 0.3) is 33.8 Å². The number of nitrogens with zero attached hydrogens (tertiary/aromatic N) is 7. The van der Waals surface area contributed by atoms with Crippen molar-refractivity contribution in [3.05, 3.63) is 75.9 Å². The average Bonchev–Trinajstić information content (AvgIpc) is 3.79. The van der Waals surface area contributed by atoms with E-state index < -0.39 is 0 Å². The van der Waals surface area contributed by atoms with Gasteiger partial charge in [0, 0.05) is 124 Å². The second kappa shape index (κ2) is 14.4. The maximum atomic E-state index is 11.9. The van der Waals surface area contributed by atoms with Crippen molar-refractivity contribution in [2.75, 3.05) is 66.6 Å². The van der Waals surface area contributed by atoms with Gasteiger partial charge < -0.3 is 19.3 Å². The van der Waals surface area contributed by atoms with Crippen LogP contribution in [0.3, 0.4) is 0 Å². The summed E-state index contributed by atoms with van der Waals surface area (Å²) in [5.74, 6) is 1.42. The van der Waals surface area contributed by atoms with Gasteiger partial charge in [-0.1, -0.05) is 53.5 Å². The number of amides is 2. The molecule has 1 aromatic carbocycles. The molecule has 3 aromatic heterocycles. The van der Waals surface area contributed by atoms with Gasteiger partial charge in [0.25, 0.3) is 0 Å². The van der Waals surface area contributed by atoms with E-state index in [0.29, 0.717) is 44.5 Å². The first-order valence-electron chi connectivity index (χ1n) is 18.5. The molecule has 4 aromatic rings. The molecular weight excluding hydrogens is 725 g/mol. The van der Waals surface area contributed by atoms with Gasteiger partial charge in [-0.05, 0) is 31.0 Å². The lowest BCUT2D eigenvalue weighted by Crippen LogP contribution is -2.57. The van der Waals surface area contributed by atoms with Crippen LogP contribution < -0.4 is 9.47 Å². The third-order valence-electron chi connectivity index (χ3n) is 11.8. The van der Waals surface area contributed by atoms with Gasteiger partial charge in [-0.3, -0.25) is 24.4 Å². The van der Waals surface area contributed by atoms with Gasteiger partial charge in [0.1, 0.15) is 0 Å². The van der Waals surface area contributed by atoms with E-state index in [-0.39, 0.29) is 22.6 Å². The molecule has 4 aliphatic rings. The largest absolute Gasteiger partial charge is 0.481 e. The summed E-state index contributed by atoms with van der Waals surface area (Å²) < 4.78 is 11.5. The Morgan fingerprint density at radius 1 is 0.667 bits per heavy atom. The van der Waals surface area contributed by atoms with Gasteiger partial charge >= 0.3 is 0 Å². The minimum atomic E-state index is 0.156. The number of hydrogen-bond acceptors (Lipinski definition) is 9. The predicted octanol–water partition coefficient (Wildman–Crippen LogP) is 6.31. The first-order valence-corrected chi connectivity index (χ1v) is 19.2. The van der Waals surface area contributed by atoms with E-state index >= 15 is 0 Å². The smallest absolute Gasteiger partial charge is 0.219 e. The van der Waals surface area contributed by atoms with E-state index in [2.05, 4.69) is 20.9 Å². The van der Waals surface area contributed by atoms with Crippen molar-refractivity contribution in [1.29, 1.82) is 0 Å². The molecular formula is C41H45Cl2N7O4. The number of rotatable bonds is 9. The third-order valence-corrected chi connectivity index (χ3v) is 12.5. The lowest BCUT2D eigenvalue weighted by molar-refractivity contribution is -0.129. The Hall–Kier alpha value is -4.29. The molecule has 8 rings (SSSR count). The van der Waals surface area contributed by atoms with Gasteiger partial charge in [0.15, 0.2) is 0 Å². The zero-order valence-corrected chi connectivity index (χ0v) is 32.7. The highest BCUT2D eigenvalue weighted by molar-refractivity contribution is 6.39.